The van der Waals surface area contributed by atoms with Gasteiger partial charge in [-0.3, -0.25) is 0 Å². The van der Waals surface area contributed by atoms with E-state index in [0.29, 0.717) is 5.92 Å². The number of urea groups is 1. The average molecular weight is 432 g/mol. The Bertz CT molecular complexity index is 1100. The predicted octanol–water partition coefficient (Wildman–Crippen LogP) is 4.81. The van der Waals surface area contributed by atoms with Gasteiger partial charge in [-0.05, 0) is 56.1 Å². The van der Waals surface area contributed by atoms with Gasteiger partial charge in [0.2, 0.25) is 0 Å². The number of likely N-dealkylation sites (tertiary alicyclic amines) is 1. The molecule has 0 aliphatic carbocycles. The van der Waals surface area contributed by atoms with Crippen molar-refractivity contribution in [1.82, 2.24) is 24.8 Å². The number of hydrogen-bond acceptors (Lipinski definition) is 3. The maximum absolute atomic E-state index is 12.1. The molecule has 0 radical (unpaired) electrons. The standard InChI is InChI=1S/C26H33N5O/c1-2-13-28-26(32)30-16-11-19(12-17-30)8-9-24-27-14-10-23(29-24)22-18-31-15-4-6-20-5-3-7-21(22)25(20)31/h3,5,7,10,14,18-19H,2,4,6,8-9,11-13,15-17H2,1H3,(H,28,32). The van der Waals surface area contributed by atoms with Crippen LogP contribution in [-0.2, 0) is 19.4 Å². The van der Waals surface area contributed by atoms with Crippen LogP contribution >= 0.6 is 0 Å². The van der Waals surface area contributed by atoms with Crippen LogP contribution in [0, 0.1) is 5.92 Å². The molecule has 5 rings (SSSR count). The van der Waals surface area contributed by atoms with E-state index in [1.165, 1.54) is 28.5 Å². The first-order valence-electron chi connectivity index (χ1n) is 12.2. The fraction of sp³-hybridized carbons (Fsp3) is 0.500. The molecule has 2 aromatic heterocycles. The topological polar surface area (TPSA) is 63.1 Å². The van der Waals surface area contributed by atoms with Crippen molar-refractivity contribution in [2.24, 2.45) is 5.92 Å². The summed E-state index contributed by atoms with van der Waals surface area (Å²) in [6.45, 7) is 5.62. The molecule has 1 saturated heterocycles. The van der Waals surface area contributed by atoms with Crippen molar-refractivity contribution in [3.05, 3.63) is 48.0 Å². The molecule has 3 aromatic rings. The predicted molar refractivity (Wildman–Crippen MR) is 128 cm³/mol. The van der Waals surface area contributed by atoms with Crippen molar-refractivity contribution in [2.75, 3.05) is 19.6 Å². The molecule has 0 saturated carbocycles. The highest BCUT2D eigenvalue weighted by atomic mass is 16.2. The van der Waals surface area contributed by atoms with Gasteiger partial charge >= 0.3 is 6.03 Å². The van der Waals surface area contributed by atoms with Gasteiger partial charge in [0.15, 0.2) is 0 Å². The molecule has 0 atom stereocenters. The minimum Gasteiger partial charge on any atom is -0.347 e. The van der Waals surface area contributed by atoms with Gasteiger partial charge in [0, 0.05) is 55.9 Å². The van der Waals surface area contributed by atoms with E-state index < -0.39 is 0 Å². The third kappa shape index (κ3) is 4.23. The number of carbonyl (C=O) groups excluding carboxylic acids is 1. The highest BCUT2D eigenvalue weighted by Crippen LogP contribution is 2.34. The summed E-state index contributed by atoms with van der Waals surface area (Å²) >= 11 is 0. The zero-order valence-corrected chi connectivity index (χ0v) is 19.0. The molecule has 2 amide bonds. The Hall–Kier alpha value is -2.89. The third-order valence-electron chi connectivity index (χ3n) is 7.01. The molecule has 1 N–H and O–H groups in total. The van der Waals surface area contributed by atoms with Crippen LogP contribution in [0.2, 0.25) is 0 Å². The highest BCUT2D eigenvalue weighted by Gasteiger charge is 2.23. The van der Waals surface area contributed by atoms with E-state index >= 15 is 0 Å². The van der Waals surface area contributed by atoms with Crippen LogP contribution in [0.25, 0.3) is 22.2 Å². The zero-order valence-electron chi connectivity index (χ0n) is 19.0. The molecule has 168 valence electrons. The Labute approximate surface area is 190 Å². The first kappa shape index (κ1) is 21.0. The molecule has 1 aromatic carbocycles. The first-order valence-corrected chi connectivity index (χ1v) is 12.2. The van der Waals surface area contributed by atoms with E-state index in [1.807, 2.05) is 17.2 Å². The number of aromatic nitrogens is 3. The van der Waals surface area contributed by atoms with E-state index in [9.17, 15) is 4.79 Å². The summed E-state index contributed by atoms with van der Waals surface area (Å²) in [6.07, 6.45) is 11.6. The second kappa shape index (κ2) is 9.31. The largest absolute Gasteiger partial charge is 0.347 e. The molecule has 2 aliphatic rings. The van der Waals surface area contributed by atoms with Crippen LogP contribution in [0.1, 0.15) is 50.4 Å². The number of aryl methyl sites for hydroxylation is 3. The zero-order chi connectivity index (χ0) is 21.9. The second-order valence-electron chi connectivity index (χ2n) is 9.21. The van der Waals surface area contributed by atoms with E-state index in [0.717, 1.165) is 76.2 Å². The van der Waals surface area contributed by atoms with Crippen molar-refractivity contribution in [3.63, 3.8) is 0 Å². The molecule has 2 aliphatic heterocycles. The van der Waals surface area contributed by atoms with Gasteiger partial charge in [0.05, 0.1) is 11.2 Å². The lowest BCUT2D eigenvalue weighted by atomic mass is 9.92. The Morgan fingerprint density at radius 3 is 2.91 bits per heavy atom. The minimum atomic E-state index is 0.0904. The van der Waals surface area contributed by atoms with Crippen LogP contribution in [0.5, 0.6) is 0 Å². The number of hydrogen-bond donors (Lipinski definition) is 1. The van der Waals surface area contributed by atoms with E-state index in [-0.39, 0.29) is 6.03 Å². The third-order valence-corrected chi connectivity index (χ3v) is 7.01. The maximum Gasteiger partial charge on any atom is 0.317 e. The molecule has 4 heterocycles. The fourth-order valence-electron chi connectivity index (χ4n) is 5.23. The Kier molecular flexibility index (Phi) is 6.10. The molecule has 0 unspecified atom stereocenters. The summed E-state index contributed by atoms with van der Waals surface area (Å²) in [6, 6.07) is 8.79. The normalized spacial score (nSPS) is 16.5. The van der Waals surface area contributed by atoms with Crippen LogP contribution in [0.4, 0.5) is 4.79 Å². The lowest BCUT2D eigenvalue weighted by Crippen LogP contribution is -2.44. The number of nitrogens with zero attached hydrogens (tertiary/aromatic N) is 4. The lowest BCUT2D eigenvalue weighted by molar-refractivity contribution is 0.168. The van der Waals surface area contributed by atoms with Crippen molar-refractivity contribution in [1.29, 1.82) is 0 Å². The summed E-state index contributed by atoms with van der Waals surface area (Å²) in [5.41, 5.74) is 5.08. The lowest BCUT2D eigenvalue weighted by Gasteiger charge is -2.32. The van der Waals surface area contributed by atoms with Crippen LogP contribution in [-0.4, -0.2) is 45.1 Å². The number of rotatable bonds is 6. The molecule has 6 nitrogen and oxygen atoms in total. The van der Waals surface area contributed by atoms with Gasteiger partial charge in [-0.25, -0.2) is 14.8 Å². The van der Waals surface area contributed by atoms with Gasteiger partial charge in [0.1, 0.15) is 5.82 Å². The van der Waals surface area contributed by atoms with Crippen LogP contribution in [0.15, 0.2) is 36.7 Å². The van der Waals surface area contributed by atoms with Gasteiger partial charge < -0.3 is 14.8 Å². The van der Waals surface area contributed by atoms with Crippen molar-refractivity contribution >= 4 is 16.9 Å². The summed E-state index contributed by atoms with van der Waals surface area (Å²) in [5.74, 6) is 1.56. The smallest absolute Gasteiger partial charge is 0.317 e. The minimum absolute atomic E-state index is 0.0904. The van der Waals surface area contributed by atoms with Gasteiger partial charge in [-0.2, -0.15) is 0 Å². The summed E-state index contributed by atoms with van der Waals surface area (Å²) in [7, 11) is 0. The average Bonchev–Trinajstić information content (AvgIpc) is 3.22. The molecule has 6 heteroatoms. The Morgan fingerprint density at radius 1 is 1.19 bits per heavy atom. The van der Waals surface area contributed by atoms with Crippen molar-refractivity contribution in [3.8, 4) is 11.3 Å². The van der Waals surface area contributed by atoms with E-state index in [1.54, 1.807) is 0 Å². The number of piperidine rings is 1. The Balaban J connectivity index is 1.23. The van der Waals surface area contributed by atoms with E-state index in [4.69, 9.17) is 4.98 Å². The monoisotopic (exact) mass is 431 g/mol. The van der Waals surface area contributed by atoms with Crippen molar-refractivity contribution < 1.29 is 4.79 Å². The highest BCUT2D eigenvalue weighted by molar-refractivity contribution is 5.97. The first-order chi connectivity index (χ1) is 15.7. The van der Waals surface area contributed by atoms with Crippen molar-refractivity contribution in [2.45, 2.75) is 58.4 Å². The maximum atomic E-state index is 12.1. The SMILES string of the molecule is CCCNC(=O)N1CCC(CCc2nccc(-c3cn4c5c(cccc35)CCC4)n2)CC1. The number of benzene rings is 1. The molecule has 0 bridgehead atoms. The number of para-hydroxylation sites is 1. The van der Waals surface area contributed by atoms with Gasteiger partial charge in [-0.15, -0.1) is 0 Å². The molecular formula is C26H33N5O. The summed E-state index contributed by atoms with van der Waals surface area (Å²) in [4.78, 5) is 23.6. The number of carbonyl (C=O) groups is 1. The van der Waals surface area contributed by atoms with E-state index in [2.05, 4.69) is 46.2 Å². The quantitative estimate of drug-likeness (QED) is 0.609. The Morgan fingerprint density at radius 2 is 2.06 bits per heavy atom. The molecule has 32 heavy (non-hydrogen) atoms. The summed E-state index contributed by atoms with van der Waals surface area (Å²) in [5, 5.41) is 4.29. The second-order valence-corrected chi connectivity index (χ2v) is 9.21. The molecule has 1 fully saturated rings. The van der Waals surface area contributed by atoms with Crippen LogP contribution < -0.4 is 5.32 Å². The number of amides is 2. The number of nitrogens with one attached hydrogen (secondary N) is 1. The van der Waals surface area contributed by atoms with Gasteiger partial charge in [-0.1, -0.05) is 25.1 Å². The van der Waals surface area contributed by atoms with Crippen LogP contribution in [0.3, 0.4) is 0 Å². The molecular weight excluding hydrogens is 398 g/mol. The van der Waals surface area contributed by atoms with Gasteiger partial charge in [0.25, 0.3) is 0 Å². The summed E-state index contributed by atoms with van der Waals surface area (Å²) < 4.78 is 2.40. The fourth-order valence-corrected chi connectivity index (χ4v) is 5.23. The molecule has 0 spiro atoms.